The van der Waals surface area contributed by atoms with Gasteiger partial charge in [-0.2, -0.15) is 0 Å². The molecule has 0 bridgehead atoms. The Bertz CT molecular complexity index is 1020. The average molecular weight is 480 g/mol. The maximum atomic E-state index is 12.6. The Labute approximate surface area is 194 Å². The molecule has 2 aromatic carbocycles. The summed E-state index contributed by atoms with van der Waals surface area (Å²) in [6, 6.07) is 12.7. The third kappa shape index (κ3) is 6.03. The van der Waals surface area contributed by atoms with E-state index in [0.29, 0.717) is 17.9 Å². The Balaban J connectivity index is 1.73. The molecule has 1 heterocycles. The molecule has 1 aliphatic rings. The number of nitrogens with zero attached hydrogens (tertiary/aromatic N) is 1. The largest absolute Gasteiger partial charge is 0.486 e. The van der Waals surface area contributed by atoms with Crippen LogP contribution in [-0.2, 0) is 20.9 Å². The number of benzene rings is 2. The summed E-state index contributed by atoms with van der Waals surface area (Å²) >= 11 is 13.4. The fraction of sp³-hybridized carbons (Fsp3) is 0.227. The number of hydrogen-bond acceptors (Lipinski definition) is 6. The van der Waals surface area contributed by atoms with Gasteiger partial charge in [0.2, 0.25) is 0 Å². The molecule has 0 spiro atoms. The summed E-state index contributed by atoms with van der Waals surface area (Å²) in [5.41, 5.74) is 1.49. The Hall–Kier alpha value is -2.48. The molecule has 162 valence electrons. The van der Waals surface area contributed by atoms with Crippen molar-refractivity contribution < 1.29 is 23.9 Å². The van der Waals surface area contributed by atoms with E-state index < -0.39 is 23.7 Å². The van der Waals surface area contributed by atoms with Crippen LogP contribution in [0.2, 0.25) is 10.0 Å². The van der Waals surface area contributed by atoms with Crippen LogP contribution in [0.5, 0.6) is 5.75 Å². The van der Waals surface area contributed by atoms with Gasteiger partial charge in [-0.25, -0.2) is 0 Å². The molecule has 31 heavy (non-hydrogen) atoms. The molecule has 1 fully saturated rings. The summed E-state index contributed by atoms with van der Waals surface area (Å²) in [4.78, 5) is 37.5. The third-order valence-corrected chi connectivity index (χ3v) is 5.54. The number of carbonyl (C=O) groups is 3. The van der Waals surface area contributed by atoms with Gasteiger partial charge >= 0.3 is 5.97 Å². The summed E-state index contributed by atoms with van der Waals surface area (Å²) in [5.74, 6) is -0.897. The van der Waals surface area contributed by atoms with Crippen LogP contribution in [0.25, 0.3) is 6.08 Å². The number of rotatable bonds is 7. The fourth-order valence-corrected chi connectivity index (χ4v) is 4.20. The van der Waals surface area contributed by atoms with Gasteiger partial charge in [0, 0.05) is 0 Å². The van der Waals surface area contributed by atoms with Crippen LogP contribution in [0.4, 0.5) is 4.79 Å². The van der Waals surface area contributed by atoms with Crippen molar-refractivity contribution in [1.29, 1.82) is 0 Å². The first-order chi connectivity index (χ1) is 14.7. The molecule has 2 aromatic rings. The van der Waals surface area contributed by atoms with E-state index in [0.717, 1.165) is 22.2 Å². The van der Waals surface area contributed by atoms with E-state index in [1.54, 1.807) is 26.0 Å². The van der Waals surface area contributed by atoms with Crippen molar-refractivity contribution in [3.8, 4) is 5.75 Å². The first-order valence-electron chi connectivity index (χ1n) is 9.35. The van der Waals surface area contributed by atoms with Gasteiger partial charge in [-0.05, 0) is 54.9 Å². The van der Waals surface area contributed by atoms with Crippen LogP contribution >= 0.6 is 35.0 Å². The highest BCUT2D eigenvalue weighted by atomic mass is 35.5. The van der Waals surface area contributed by atoms with E-state index in [4.69, 9.17) is 32.7 Å². The summed E-state index contributed by atoms with van der Waals surface area (Å²) in [5, 5.41) is 0.000747. The quantitative estimate of drug-likeness (QED) is 0.382. The molecule has 0 aromatic heterocycles. The highest BCUT2D eigenvalue weighted by molar-refractivity contribution is 8.18. The van der Waals surface area contributed by atoms with Crippen molar-refractivity contribution in [2.24, 2.45) is 0 Å². The summed E-state index contributed by atoms with van der Waals surface area (Å²) in [6.07, 6.45) is 1.16. The van der Waals surface area contributed by atoms with Crippen LogP contribution in [0.3, 0.4) is 0 Å². The molecule has 1 aliphatic heterocycles. The molecule has 0 atom stereocenters. The molecular weight excluding hydrogens is 461 g/mol. The van der Waals surface area contributed by atoms with Gasteiger partial charge < -0.3 is 9.47 Å². The molecule has 2 amide bonds. The van der Waals surface area contributed by atoms with E-state index >= 15 is 0 Å². The number of thioether (sulfide) groups is 1. The first-order valence-corrected chi connectivity index (χ1v) is 10.9. The molecule has 0 radical (unpaired) electrons. The van der Waals surface area contributed by atoms with Gasteiger partial charge in [0.1, 0.15) is 13.2 Å². The predicted molar refractivity (Wildman–Crippen MR) is 121 cm³/mol. The van der Waals surface area contributed by atoms with Gasteiger partial charge in [-0.1, -0.05) is 53.5 Å². The second-order valence-electron chi connectivity index (χ2n) is 6.89. The van der Waals surface area contributed by atoms with E-state index in [1.165, 1.54) is 6.08 Å². The number of amides is 2. The molecule has 1 saturated heterocycles. The van der Waals surface area contributed by atoms with Crippen molar-refractivity contribution in [2.45, 2.75) is 26.6 Å². The van der Waals surface area contributed by atoms with Crippen molar-refractivity contribution in [3.63, 3.8) is 0 Å². The van der Waals surface area contributed by atoms with Crippen LogP contribution in [-0.4, -0.2) is 34.7 Å². The van der Waals surface area contributed by atoms with E-state index in [-0.39, 0.29) is 21.1 Å². The van der Waals surface area contributed by atoms with Gasteiger partial charge in [0.25, 0.3) is 11.1 Å². The zero-order chi connectivity index (χ0) is 22.5. The zero-order valence-corrected chi connectivity index (χ0v) is 19.1. The van der Waals surface area contributed by atoms with E-state index in [1.807, 2.05) is 30.3 Å². The lowest BCUT2D eigenvalue weighted by Crippen LogP contribution is -2.35. The van der Waals surface area contributed by atoms with Crippen LogP contribution in [0.15, 0.2) is 47.4 Å². The van der Waals surface area contributed by atoms with E-state index in [2.05, 4.69) is 0 Å². The van der Waals surface area contributed by atoms with Crippen molar-refractivity contribution in [1.82, 2.24) is 4.90 Å². The van der Waals surface area contributed by atoms with Crippen molar-refractivity contribution >= 4 is 58.2 Å². The maximum absolute atomic E-state index is 12.6. The van der Waals surface area contributed by atoms with Crippen molar-refractivity contribution in [2.75, 3.05) is 6.54 Å². The lowest BCUT2D eigenvalue weighted by molar-refractivity contribution is -0.149. The molecule has 6 nitrogen and oxygen atoms in total. The summed E-state index contributed by atoms with van der Waals surface area (Å²) in [6.45, 7) is 3.23. The van der Waals surface area contributed by atoms with Gasteiger partial charge in [-0.3, -0.25) is 19.3 Å². The van der Waals surface area contributed by atoms with E-state index in [9.17, 15) is 14.4 Å². The highest BCUT2D eigenvalue weighted by Crippen LogP contribution is 2.37. The Morgan fingerprint density at radius 2 is 1.77 bits per heavy atom. The Morgan fingerprint density at radius 1 is 1.13 bits per heavy atom. The number of imide groups is 1. The smallest absolute Gasteiger partial charge is 0.326 e. The first kappa shape index (κ1) is 23.2. The minimum Gasteiger partial charge on any atom is -0.486 e. The normalized spacial score (nSPS) is 15.1. The van der Waals surface area contributed by atoms with Crippen LogP contribution in [0, 0.1) is 0 Å². The number of ether oxygens (including phenoxy) is 2. The highest BCUT2D eigenvalue weighted by Gasteiger charge is 2.36. The topological polar surface area (TPSA) is 72.9 Å². The van der Waals surface area contributed by atoms with Crippen LogP contribution in [0.1, 0.15) is 25.0 Å². The molecule has 9 heteroatoms. The number of carbonyl (C=O) groups excluding carboxylic acids is 3. The molecule has 0 saturated carbocycles. The molecule has 3 rings (SSSR count). The molecule has 0 aliphatic carbocycles. The maximum Gasteiger partial charge on any atom is 0.326 e. The number of halogens is 2. The number of esters is 1. The second kappa shape index (κ2) is 10.2. The SMILES string of the molecule is CC(C)OC(=O)CN1C(=O)S/C(=C\c2cc(Cl)c(OCc3ccccc3)c(Cl)c2)C1=O. The number of hydrogen-bond donors (Lipinski definition) is 0. The van der Waals surface area contributed by atoms with Crippen molar-refractivity contribution in [3.05, 3.63) is 68.5 Å². The Morgan fingerprint density at radius 3 is 2.39 bits per heavy atom. The molecular formula is C22H19Cl2NO5S. The zero-order valence-electron chi connectivity index (χ0n) is 16.8. The summed E-state index contributed by atoms with van der Waals surface area (Å²) in [7, 11) is 0. The lowest BCUT2D eigenvalue weighted by Gasteiger charge is -2.13. The second-order valence-corrected chi connectivity index (χ2v) is 8.70. The Kier molecular flexibility index (Phi) is 7.64. The third-order valence-electron chi connectivity index (χ3n) is 4.07. The monoisotopic (exact) mass is 479 g/mol. The minimum absolute atomic E-state index is 0.160. The van der Waals surface area contributed by atoms with Crippen LogP contribution < -0.4 is 4.74 Å². The average Bonchev–Trinajstić information content (AvgIpc) is 2.95. The predicted octanol–water partition coefficient (Wildman–Crippen LogP) is 5.56. The minimum atomic E-state index is -0.649. The van der Waals surface area contributed by atoms with Gasteiger partial charge in [-0.15, -0.1) is 0 Å². The molecule has 0 unspecified atom stereocenters. The van der Waals surface area contributed by atoms with Gasteiger partial charge in [0.15, 0.2) is 5.75 Å². The fourth-order valence-electron chi connectivity index (χ4n) is 2.75. The summed E-state index contributed by atoms with van der Waals surface area (Å²) < 4.78 is 10.7. The standard InChI is InChI=1S/C22H19Cl2NO5S/c1-13(2)30-19(26)11-25-21(27)18(31-22(25)28)10-15-8-16(23)20(17(24)9-15)29-12-14-6-4-3-5-7-14/h3-10,13H,11-12H2,1-2H3/b18-10-. The van der Waals surface area contributed by atoms with Gasteiger partial charge in [0.05, 0.1) is 21.1 Å². The molecule has 0 N–H and O–H groups in total. The lowest BCUT2D eigenvalue weighted by atomic mass is 10.2.